The fraction of sp³-hybridized carbons (Fsp3) is 0.474. The highest BCUT2D eigenvalue weighted by molar-refractivity contribution is 6.30. The first-order valence-electron chi connectivity index (χ1n) is 8.86. The number of aromatic nitrogens is 2. The summed E-state index contributed by atoms with van der Waals surface area (Å²) in [6.45, 7) is 7.36. The Morgan fingerprint density at radius 1 is 1.40 bits per heavy atom. The molecule has 6 heteroatoms. The smallest absolute Gasteiger partial charge is 0.255 e. The molecule has 1 fully saturated rings. The number of likely N-dealkylation sites (tertiary alicyclic amines) is 1. The molecule has 0 spiro atoms. The molecule has 1 aromatic heterocycles. The summed E-state index contributed by atoms with van der Waals surface area (Å²) < 4.78 is 0. The van der Waals surface area contributed by atoms with Gasteiger partial charge in [0.2, 0.25) is 0 Å². The Bertz CT molecular complexity index is 710. The molecule has 1 aromatic carbocycles. The molecular weight excluding hydrogens is 336 g/mol. The minimum absolute atomic E-state index is 0.0830. The lowest BCUT2D eigenvalue weighted by molar-refractivity contribution is 0.0923. The lowest BCUT2D eigenvalue weighted by Gasteiger charge is -2.35. The summed E-state index contributed by atoms with van der Waals surface area (Å²) in [6, 6.07) is 7.94. The Kier molecular flexibility index (Phi) is 5.76. The summed E-state index contributed by atoms with van der Waals surface area (Å²) in [5.41, 5.74) is 2.19. The molecule has 1 unspecified atom stereocenters. The maximum absolute atomic E-state index is 12.6. The normalized spacial score (nSPS) is 18.5. The van der Waals surface area contributed by atoms with E-state index in [0.717, 1.165) is 24.3 Å². The summed E-state index contributed by atoms with van der Waals surface area (Å²) in [5.74, 6) is 0.423. The molecule has 134 valence electrons. The molecule has 0 bridgehead atoms. The molecule has 2 N–H and O–H groups in total. The quantitative estimate of drug-likeness (QED) is 0.856. The molecule has 0 radical (unpaired) electrons. The Labute approximate surface area is 153 Å². The van der Waals surface area contributed by atoms with Crippen LogP contribution in [0.2, 0.25) is 5.02 Å². The van der Waals surface area contributed by atoms with Crippen LogP contribution in [0, 0.1) is 5.92 Å². The summed E-state index contributed by atoms with van der Waals surface area (Å²) in [5, 5.41) is 10.7. The van der Waals surface area contributed by atoms with E-state index in [2.05, 4.69) is 34.3 Å². The van der Waals surface area contributed by atoms with E-state index in [1.54, 1.807) is 6.20 Å². The molecular formula is C19H25ClN4O. The molecule has 1 saturated heterocycles. The molecule has 5 nitrogen and oxygen atoms in total. The van der Waals surface area contributed by atoms with E-state index in [0.29, 0.717) is 29.1 Å². The lowest BCUT2D eigenvalue weighted by atomic mass is 9.97. The molecule has 0 saturated carbocycles. The molecule has 25 heavy (non-hydrogen) atoms. The minimum atomic E-state index is -0.0830. The number of amides is 1. The molecule has 1 amide bonds. The van der Waals surface area contributed by atoms with Crippen LogP contribution in [-0.4, -0.2) is 46.7 Å². The van der Waals surface area contributed by atoms with Crippen LogP contribution in [0.25, 0.3) is 11.3 Å². The maximum Gasteiger partial charge on any atom is 0.255 e. The SMILES string of the molecule is CC(C)N1CCCC(CNC(=O)c2cn[nH]c2-c2ccc(Cl)cc2)C1. The van der Waals surface area contributed by atoms with Gasteiger partial charge in [-0.2, -0.15) is 5.10 Å². The third-order valence-corrected chi connectivity index (χ3v) is 5.10. The monoisotopic (exact) mass is 360 g/mol. The summed E-state index contributed by atoms with van der Waals surface area (Å²) in [7, 11) is 0. The van der Waals surface area contributed by atoms with E-state index in [-0.39, 0.29) is 5.91 Å². The summed E-state index contributed by atoms with van der Waals surface area (Å²) >= 11 is 5.94. The van der Waals surface area contributed by atoms with Crippen molar-refractivity contribution in [1.82, 2.24) is 20.4 Å². The van der Waals surface area contributed by atoms with Gasteiger partial charge in [0.05, 0.1) is 17.5 Å². The Balaban J connectivity index is 1.63. The highest BCUT2D eigenvalue weighted by Gasteiger charge is 2.23. The van der Waals surface area contributed by atoms with Crippen molar-refractivity contribution in [2.75, 3.05) is 19.6 Å². The van der Waals surface area contributed by atoms with Crippen molar-refractivity contribution < 1.29 is 4.79 Å². The zero-order valence-electron chi connectivity index (χ0n) is 14.8. The zero-order chi connectivity index (χ0) is 17.8. The average Bonchev–Trinajstić information content (AvgIpc) is 3.10. The largest absolute Gasteiger partial charge is 0.352 e. The van der Waals surface area contributed by atoms with Crippen LogP contribution >= 0.6 is 11.6 Å². The topological polar surface area (TPSA) is 61.0 Å². The van der Waals surface area contributed by atoms with E-state index in [9.17, 15) is 4.79 Å². The molecule has 2 aromatic rings. The van der Waals surface area contributed by atoms with Gasteiger partial charge in [0, 0.05) is 29.7 Å². The first-order valence-corrected chi connectivity index (χ1v) is 9.24. The Hall–Kier alpha value is -1.85. The molecule has 0 aliphatic carbocycles. The second-order valence-corrected chi connectivity index (χ2v) is 7.41. The first-order chi connectivity index (χ1) is 12.0. The molecule has 1 aliphatic rings. The highest BCUT2D eigenvalue weighted by atomic mass is 35.5. The molecule has 1 atom stereocenters. The van der Waals surface area contributed by atoms with Gasteiger partial charge >= 0.3 is 0 Å². The predicted octanol–water partition coefficient (Wildman–Crippen LogP) is 3.58. The van der Waals surface area contributed by atoms with Crippen molar-refractivity contribution in [3.05, 3.63) is 41.0 Å². The van der Waals surface area contributed by atoms with Gasteiger partial charge < -0.3 is 10.2 Å². The van der Waals surface area contributed by atoms with Crippen LogP contribution in [0.4, 0.5) is 0 Å². The van der Waals surface area contributed by atoms with Crippen molar-refractivity contribution in [1.29, 1.82) is 0 Å². The van der Waals surface area contributed by atoms with Crippen molar-refractivity contribution in [2.24, 2.45) is 5.92 Å². The fourth-order valence-electron chi connectivity index (χ4n) is 3.36. The van der Waals surface area contributed by atoms with Crippen molar-refractivity contribution >= 4 is 17.5 Å². The van der Waals surface area contributed by atoms with Gasteiger partial charge in [-0.05, 0) is 51.3 Å². The Morgan fingerprint density at radius 3 is 2.88 bits per heavy atom. The van der Waals surface area contributed by atoms with Gasteiger partial charge in [0.25, 0.3) is 5.91 Å². The van der Waals surface area contributed by atoms with Gasteiger partial charge in [-0.3, -0.25) is 9.89 Å². The third kappa shape index (κ3) is 4.41. The number of nitrogens with one attached hydrogen (secondary N) is 2. The first kappa shape index (κ1) is 18.0. The number of carbonyl (C=O) groups excluding carboxylic acids is 1. The third-order valence-electron chi connectivity index (χ3n) is 4.85. The molecule has 3 rings (SSSR count). The van der Waals surface area contributed by atoms with Gasteiger partial charge in [-0.15, -0.1) is 0 Å². The van der Waals surface area contributed by atoms with Crippen LogP contribution in [0.5, 0.6) is 0 Å². The predicted molar refractivity (Wildman–Crippen MR) is 101 cm³/mol. The van der Waals surface area contributed by atoms with Crippen LogP contribution in [0.1, 0.15) is 37.0 Å². The van der Waals surface area contributed by atoms with Gasteiger partial charge in [0.1, 0.15) is 0 Å². The summed E-state index contributed by atoms with van der Waals surface area (Å²) in [4.78, 5) is 15.1. The van der Waals surface area contributed by atoms with E-state index >= 15 is 0 Å². The summed E-state index contributed by atoms with van der Waals surface area (Å²) in [6.07, 6.45) is 3.94. The van der Waals surface area contributed by atoms with Crippen molar-refractivity contribution in [3.8, 4) is 11.3 Å². The number of benzene rings is 1. The Morgan fingerprint density at radius 2 is 2.16 bits per heavy atom. The van der Waals surface area contributed by atoms with Gasteiger partial charge in [-0.1, -0.05) is 23.7 Å². The zero-order valence-corrected chi connectivity index (χ0v) is 15.5. The van der Waals surface area contributed by atoms with Gasteiger partial charge in [-0.25, -0.2) is 0 Å². The van der Waals surface area contributed by atoms with Gasteiger partial charge in [0.15, 0.2) is 0 Å². The highest BCUT2D eigenvalue weighted by Crippen LogP contribution is 2.23. The lowest BCUT2D eigenvalue weighted by Crippen LogP contribution is -2.43. The number of rotatable bonds is 5. The number of carbonyl (C=O) groups is 1. The van der Waals surface area contributed by atoms with Crippen LogP contribution in [0.15, 0.2) is 30.5 Å². The number of aromatic amines is 1. The minimum Gasteiger partial charge on any atom is -0.352 e. The van der Waals surface area contributed by atoms with E-state index in [4.69, 9.17) is 11.6 Å². The number of piperidine rings is 1. The fourth-order valence-corrected chi connectivity index (χ4v) is 3.49. The number of hydrogen-bond donors (Lipinski definition) is 2. The van der Waals surface area contributed by atoms with Crippen molar-refractivity contribution in [3.63, 3.8) is 0 Å². The molecule has 2 heterocycles. The number of halogens is 1. The van der Waals surface area contributed by atoms with E-state index in [1.807, 2.05) is 24.3 Å². The standard InChI is InChI=1S/C19H25ClN4O/c1-13(2)24-9-3-4-14(12-24)10-21-19(25)17-11-22-23-18(17)15-5-7-16(20)8-6-15/h5-8,11,13-14H,3-4,9-10,12H2,1-2H3,(H,21,25)(H,22,23). The van der Waals surface area contributed by atoms with E-state index < -0.39 is 0 Å². The van der Waals surface area contributed by atoms with Crippen molar-refractivity contribution in [2.45, 2.75) is 32.7 Å². The van der Waals surface area contributed by atoms with Crippen LogP contribution < -0.4 is 5.32 Å². The maximum atomic E-state index is 12.6. The van der Waals surface area contributed by atoms with E-state index in [1.165, 1.54) is 12.8 Å². The molecule has 1 aliphatic heterocycles. The number of H-pyrrole nitrogens is 1. The van der Waals surface area contributed by atoms with Crippen LogP contribution in [-0.2, 0) is 0 Å². The number of nitrogens with zero attached hydrogens (tertiary/aromatic N) is 2. The van der Waals surface area contributed by atoms with Crippen LogP contribution in [0.3, 0.4) is 0 Å². The second-order valence-electron chi connectivity index (χ2n) is 6.97. The average molecular weight is 361 g/mol. The second kappa shape index (κ2) is 8.02. The number of hydrogen-bond acceptors (Lipinski definition) is 3.